The molecular formula is C13H19N5O. The highest BCUT2D eigenvalue weighted by molar-refractivity contribution is 5.85. The zero-order valence-corrected chi connectivity index (χ0v) is 10.9. The molecule has 0 saturated heterocycles. The molecule has 2 rings (SSSR count). The monoisotopic (exact) mass is 261 g/mol. The third-order valence-corrected chi connectivity index (χ3v) is 3.61. The summed E-state index contributed by atoms with van der Waals surface area (Å²) in [5.74, 6) is 0.112. The van der Waals surface area contributed by atoms with Gasteiger partial charge in [-0.25, -0.2) is 4.98 Å². The molecule has 0 saturated carbocycles. The minimum Gasteiger partial charge on any atom is -0.402 e. The van der Waals surface area contributed by atoms with Crippen LogP contribution in [-0.4, -0.2) is 15.9 Å². The Morgan fingerprint density at radius 3 is 2.79 bits per heavy atom. The first-order chi connectivity index (χ1) is 8.99. The molecule has 0 fully saturated rings. The Morgan fingerprint density at radius 2 is 2.32 bits per heavy atom. The van der Waals surface area contributed by atoms with Gasteiger partial charge in [0, 0.05) is 36.1 Å². The number of nitrogens with two attached hydrogens (primary N) is 3. The maximum atomic E-state index is 12.1. The standard InChI is InChI=1S/C13H19N5O/c1-2-10(11-17-3-4-18-11)13(12(16)19)6-8(14)5-9(15)7-13/h3-6,10H,2,7,14-15H2,1H3,(H2,16,19)(H,17,18). The number of nitrogens with zero attached hydrogens (tertiary/aromatic N) is 1. The fraction of sp³-hybridized carbons (Fsp3) is 0.385. The average Bonchev–Trinajstić information content (AvgIpc) is 2.82. The summed E-state index contributed by atoms with van der Waals surface area (Å²) in [6, 6.07) is 0. The quantitative estimate of drug-likeness (QED) is 0.628. The molecule has 0 aliphatic heterocycles. The summed E-state index contributed by atoms with van der Waals surface area (Å²) in [6.07, 6.45) is 7.82. The summed E-state index contributed by atoms with van der Waals surface area (Å²) in [4.78, 5) is 19.4. The molecule has 7 N–H and O–H groups in total. The lowest BCUT2D eigenvalue weighted by Crippen LogP contribution is -2.44. The Kier molecular flexibility index (Phi) is 3.33. The SMILES string of the molecule is CCC(c1ncc[nH]1)C1(C(N)=O)C=C(N)C=C(N)C1. The molecule has 102 valence electrons. The minimum atomic E-state index is -0.921. The molecule has 1 aromatic rings. The Balaban J connectivity index is 2.51. The first-order valence-corrected chi connectivity index (χ1v) is 6.23. The number of allylic oxidation sites excluding steroid dienone is 2. The number of aromatic amines is 1. The Bertz CT molecular complexity index is 531. The van der Waals surface area contributed by atoms with Gasteiger partial charge in [-0.3, -0.25) is 4.79 Å². The van der Waals surface area contributed by atoms with Crippen molar-refractivity contribution >= 4 is 5.91 Å². The zero-order valence-electron chi connectivity index (χ0n) is 10.9. The van der Waals surface area contributed by atoms with Crippen molar-refractivity contribution in [1.82, 2.24) is 9.97 Å². The molecule has 1 heterocycles. The number of nitrogens with one attached hydrogen (secondary N) is 1. The van der Waals surface area contributed by atoms with Crippen LogP contribution in [0.5, 0.6) is 0 Å². The van der Waals surface area contributed by atoms with Crippen LogP contribution in [-0.2, 0) is 4.79 Å². The lowest BCUT2D eigenvalue weighted by atomic mass is 9.67. The zero-order chi connectivity index (χ0) is 14.0. The van der Waals surface area contributed by atoms with Gasteiger partial charge >= 0.3 is 0 Å². The van der Waals surface area contributed by atoms with E-state index in [9.17, 15) is 4.79 Å². The number of hydrogen-bond acceptors (Lipinski definition) is 4. The lowest BCUT2D eigenvalue weighted by Gasteiger charge is -2.36. The fourth-order valence-electron chi connectivity index (χ4n) is 2.82. The number of carbonyl (C=O) groups excluding carboxylic acids is 1. The van der Waals surface area contributed by atoms with E-state index in [2.05, 4.69) is 9.97 Å². The number of imidazole rings is 1. The fourth-order valence-corrected chi connectivity index (χ4v) is 2.82. The maximum absolute atomic E-state index is 12.1. The number of hydrogen-bond donors (Lipinski definition) is 4. The predicted molar refractivity (Wildman–Crippen MR) is 72.4 cm³/mol. The second-order valence-corrected chi connectivity index (χ2v) is 4.88. The van der Waals surface area contributed by atoms with Crippen LogP contribution >= 0.6 is 0 Å². The van der Waals surface area contributed by atoms with Gasteiger partial charge in [0.25, 0.3) is 0 Å². The average molecular weight is 261 g/mol. The topological polar surface area (TPSA) is 124 Å². The van der Waals surface area contributed by atoms with E-state index in [0.717, 1.165) is 5.82 Å². The number of H-pyrrole nitrogens is 1. The molecule has 1 aliphatic rings. The second kappa shape index (κ2) is 4.79. The normalized spacial score (nSPS) is 24.5. The number of rotatable bonds is 4. The molecule has 6 nitrogen and oxygen atoms in total. The van der Waals surface area contributed by atoms with E-state index >= 15 is 0 Å². The predicted octanol–water partition coefficient (Wildman–Crippen LogP) is 0.464. The second-order valence-electron chi connectivity index (χ2n) is 4.88. The van der Waals surface area contributed by atoms with Gasteiger partial charge in [0.2, 0.25) is 5.91 Å². The molecule has 0 aromatic carbocycles. The highest BCUT2D eigenvalue weighted by Gasteiger charge is 2.45. The highest BCUT2D eigenvalue weighted by Crippen LogP contribution is 2.44. The summed E-state index contributed by atoms with van der Waals surface area (Å²) in [5.41, 5.74) is 17.5. The number of aromatic nitrogens is 2. The van der Waals surface area contributed by atoms with Crippen molar-refractivity contribution in [3.8, 4) is 0 Å². The van der Waals surface area contributed by atoms with Crippen LogP contribution in [0.4, 0.5) is 0 Å². The van der Waals surface area contributed by atoms with Crippen molar-refractivity contribution in [3.05, 3.63) is 41.8 Å². The minimum absolute atomic E-state index is 0.175. The maximum Gasteiger partial charge on any atom is 0.228 e. The molecule has 1 aliphatic carbocycles. The van der Waals surface area contributed by atoms with Gasteiger partial charge in [0.15, 0.2) is 0 Å². The molecule has 19 heavy (non-hydrogen) atoms. The van der Waals surface area contributed by atoms with Crippen LogP contribution in [0.15, 0.2) is 35.9 Å². The molecule has 1 amide bonds. The number of carbonyl (C=O) groups is 1. The van der Waals surface area contributed by atoms with Crippen molar-refractivity contribution < 1.29 is 4.79 Å². The van der Waals surface area contributed by atoms with Gasteiger partial charge in [-0.15, -0.1) is 0 Å². The molecule has 0 radical (unpaired) electrons. The Labute approximate surface area is 111 Å². The Hall–Kier alpha value is -2.24. The van der Waals surface area contributed by atoms with Crippen molar-refractivity contribution in [3.63, 3.8) is 0 Å². The summed E-state index contributed by atoms with van der Waals surface area (Å²) >= 11 is 0. The van der Waals surface area contributed by atoms with Crippen LogP contribution in [0.3, 0.4) is 0 Å². The number of primary amides is 1. The van der Waals surface area contributed by atoms with Crippen LogP contribution in [0.25, 0.3) is 0 Å². The molecule has 1 aromatic heterocycles. The van der Waals surface area contributed by atoms with E-state index in [1.165, 1.54) is 0 Å². The molecule has 2 unspecified atom stereocenters. The molecule has 0 spiro atoms. The summed E-state index contributed by atoms with van der Waals surface area (Å²) in [5, 5.41) is 0. The van der Waals surface area contributed by atoms with Crippen LogP contribution < -0.4 is 17.2 Å². The van der Waals surface area contributed by atoms with Crippen LogP contribution in [0.2, 0.25) is 0 Å². The summed E-state index contributed by atoms with van der Waals surface area (Å²) in [6.45, 7) is 1.98. The first kappa shape index (κ1) is 13.2. The van der Waals surface area contributed by atoms with Gasteiger partial charge in [0.05, 0.1) is 5.41 Å². The van der Waals surface area contributed by atoms with Gasteiger partial charge < -0.3 is 22.2 Å². The third kappa shape index (κ3) is 2.21. The largest absolute Gasteiger partial charge is 0.402 e. The molecule has 6 heteroatoms. The van der Waals surface area contributed by atoms with E-state index < -0.39 is 11.3 Å². The van der Waals surface area contributed by atoms with E-state index in [4.69, 9.17) is 17.2 Å². The lowest BCUT2D eigenvalue weighted by molar-refractivity contribution is -0.126. The highest BCUT2D eigenvalue weighted by atomic mass is 16.1. The van der Waals surface area contributed by atoms with Crippen LogP contribution in [0, 0.1) is 5.41 Å². The summed E-state index contributed by atoms with van der Waals surface area (Å²) < 4.78 is 0. The first-order valence-electron chi connectivity index (χ1n) is 6.23. The number of amides is 1. The third-order valence-electron chi connectivity index (χ3n) is 3.61. The Morgan fingerprint density at radius 1 is 1.58 bits per heavy atom. The van der Waals surface area contributed by atoms with Crippen molar-refractivity contribution in [2.45, 2.75) is 25.7 Å². The van der Waals surface area contributed by atoms with E-state index in [1.54, 1.807) is 24.5 Å². The molecular weight excluding hydrogens is 242 g/mol. The van der Waals surface area contributed by atoms with E-state index in [1.807, 2.05) is 6.92 Å². The van der Waals surface area contributed by atoms with Crippen molar-refractivity contribution in [2.24, 2.45) is 22.6 Å². The summed E-state index contributed by atoms with van der Waals surface area (Å²) in [7, 11) is 0. The van der Waals surface area contributed by atoms with E-state index in [0.29, 0.717) is 24.2 Å². The van der Waals surface area contributed by atoms with Gasteiger partial charge in [-0.1, -0.05) is 6.92 Å². The van der Waals surface area contributed by atoms with Crippen LogP contribution in [0.1, 0.15) is 31.5 Å². The van der Waals surface area contributed by atoms with Crippen molar-refractivity contribution in [2.75, 3.05) is 0 Å². The molecule has 0 bridgehead atoms. The van der Waals surface area contributed by atoms with Crippen molar-refractivity contribution in [1.29, 1.82) is 0 Å². The van der Waals surface area contributed by atoms with E-state index in [-0.39, 0.29) is 5.92 Å². The van der Waals surface area contributed by atoms with Gasteiger partial charge in [0.1, 0.15) is 5.82 Å². The molecule has 2 atom stereocenters. The van der Waals surface area contributed by atoms with Gasteiger partial charge in [-0.05, 0) is 18.6 Å². The van der Waals surface area contributed by atoms with Gasteiger partial charge in [-0.2, -0.15) is 0 Å². The smallest absolute Gasteiger partial charge is 0.228 e.